The monoisotopic (exact) mass is 464 g/mol. The van der Waals surface area contributed by atoms with Crippen LogP contribution in [0.25, 0.3) is 22.3 Å². The van der Waals surface area contributed by atoms with Crippen molar-refractivity contribution in [3.63, 3.8) is 0 Å². The highest BCUT2D eigenvalue weighted by Gasteiger charge is 2.25. The summed E-state index contributed by atoms with van der Waals surface area (Å²) in [4.78, 5) is 13.3. The van der Waals surface area contributed by atoms with Gasteiger partial charge in [-0.25, -0.2) is 0 Å². The van der Waals surface area contributed by atoms with Crippen LogP contribution in [0.2, 0.25) is 0 Å². The maximum atomic E-state index is 13.3. The molecule has 0 aliphatic rings. The van der Waals surface area contributed by atoms with Crippen LogP contribution >= 0.6 is 0 Å². The summed E-state index contributed by atoms with van der Waals surface area (Å²) in [6, 6.07) is 4.64. The average Bonchev–Trinajstić information content (AvgIpc) is 2.74. The number of phenols is 3. The lowest BCUT2D eigenvalue weighted by atomic mass is 9.93. The SMILES string of the molecule is C=C(C)Cc1c(O)c(CC(=C)C)c2oc(-c3ccc(OC)c(O)c3CC(C)C)cc(=O)c2c1O. The van der Waals surface area contributed by atoms with Gasteiger partial charge in [0.05, 0.1) is 7.11 Å². The highest BCUT2D eigenvalue weighted by Crippen LogP contribution is 2.43. The molecule has 0 saturated carbocycles. The predicted octanol–water partition coefficient (Wildman–Crippen LogP) is 6.02. The van der Waals surface area contributed by atoms with E-state index in [4.69, 9.17) is 9.15 Å². The van der Waals surface area contributed by atoms with Crippen molar-refractivity contribution in [3.8, 4) is 34.3 Å². The summed E-state index contributed by atoms with van der Waals surface area (Å²) >= 11 is 0. The third kappa shape index (κ3) is 4.67. The zero-order valence-corrected chi connectivity index (χ0v) is 20.4. The average molecular weight is 465 g/mol. The van der Waals surface area contributed by atoms with Crippen molar-refractivity contribution in [2.75, 3.05) is 7.11 Å². The summed E-state index contributed by atoms with van der Waals surface area (Å²) in [5, 5.41) is 32.8. The Kier molecular flexibility index (Phi) is 7.10. The van der Waals surface area contributed by atoms with E-state index in [1.165, 1.54) is 13.2 Å². The Hall–Kier alpha value is -3.67. The van der Waals surface area contributed by atoms with Crippen LogP contribution in [0.1, 0.15) is 44.4 Å². The van der Waals surface area contributed by atoms with Crippen LogP contribution in [0.15, 0.2) is 51.7 Å². The van der Waals surface area contributed by atoms with E-state index in [9.17, 15) is 20.1 Å². The molecule has 0 saturated heterocycles. The van der Waals surface area contributed by atoms with Gasteiger partial charge >= 0.3 is 0 Å². The minimum absolute atomic E-state index is 0.00260. The Morgan fingerprint density at radius 1 is 0.971 bits per heavy atom. The topological polar surface area (TPSA) is 100 Å². The highest BCUT2D eigenvalue weighted by molar-refractivity contribution is 5.91. The molecule has 0 unspecified atom stereocenters. The van der Waals surface area contributed by atoms with Gasteiger partial charge in [-0.15, -0.1) is 0 Å². The number of rotatable bonds is 8. The molecule has 2 aromatic carbocycles. The van der Waals surface area contributed by atoms with Gasteiger partial charge in [0.2, 0.25) is 0 Å². The van der Waals surface area contributed by atoms with Gasteiger partial charge in [0.15, 0.2) is 16.9 Å². The number of fused-ring (bicyclic) bond motifs is 1. The standard InChI is InChI=1S/C28H32O6/c1-14(2)10-18-17(8-9-22(33-7)26(18)31)23-13-21(29)24-27(32)19(11-15(3)4)25(30)20(12-16(5)6)28(24)34-23/h8-9,13-14,30-32H,3,5,10-12H2,1-2,4,6-7H3. The Morgan fingerprint density at radius 2 is 1.59 bits per heavy atom. The molecule has 0 aliphatic heterocycles. The van der Waals surface area contributed by atoms with Crippen molar-refractivity contribution >= 4 is 11.0 Å². The van der Waals surface area contributed by atoms with E-state index < -0.39 is 5.43 Å². The minimum Gasteiger partial charge on any atom is -0.507 e. The zero-order valence-electron chi connectivity index (χ0n) is 20.4. The summed E-state index contributed by atoms with van der Waals surface area (Å²) in [6.45, 7) is 15.4. The maximum Gasteiger partial charge on any atom is 0.197 e. The molecule has 3 rings (SSSR count). The fraction of sp³-hybridized carbons (Fsp3) is 0.321. The van der Waals surface area contributed by atoms with Gasteiger partial charge in [-0.3, -0.25) is 4.79 Å². The summed E-state index contributed by atoms with van der Waals surface area (Å²) < 4.78 is 11.5. The van der Waals surface area contributed by atoms with Crippen LogP contribution in [0.5, 0.6) is 23.0 Å². The van der Waals surface area contributed by atoms with Gasteiger partial charge < -0.3 is 24.5 Å². The molecular weight excluding hydrogens is 432 g/mol. The Morgan fingerprint density at radius 3 is 2.15 bits per heavy atom. The second-order valence-corrected chi connectivity index (χ2v) is 9.34. The van der Waals surface area contributed by atoms with Crippen molar-refractivity contribution in [2.45, 2.75) is 47.0 Å². The summed E-state index contributed by atoms with van der Waals surface area (Å²) in [7, 11) is 1.47. The Labute approximate surface area is 199 Å². The van der Waals surface area contributed by atoms with E-state index in [1.807, 2.05) is 13.8 Å². The van der Waals surface area contributed by atoms with Crippen LogP contribution in [0, 0.1) is 5.92 Å². The molecule has 0 atom stereocenters. The molecule has 3 N–H and O–H groups in total. The zero-order chi connectivity index (χ0) is 25.3. The molecule has 6 heteroatoms. The number of hydrogen-bond acceptors (Lipinski definition) is 6. The van der Waals surface area contributed by atoms with Crippen LogP contribution in [-0.4, -0.2) is 22.4 Å². The molecule has 0 radical (unpaired) electrons. The first kappa shape index (κ1) is 25.0. The van der Waals surface area contributed by atoms with Gasteiger partial charge in [-0.1, -0.05) is 38.2 Å². The first-order valence-electron chi connectivity index (χ1n) is 11.2. The van der Waals surface area contributed by atoms with E-state index in [-0.39, 0.29) is 58.3 Å². The molecule has 0 bridgehead atoms. The molecular formula is C28H32O6. The number of hydrogen-bond donors (Lipinski definition) is 3. The third-order valence-electron chi connectivity index (χ3n) is 5.62. The lowest BCUT2D eigenvalue weighted by Gasteiger charge is -2.18. The normalized spacial score (nSPS) is 11.2. The van der Waals surface area contributed by atoms with E-state index in [0.717, 1.165) is 11.1 Å². The van der Waals surface area contributed by atoms with Gasteiger partial charge in [-0.2, -0.15) is 0 Å². The Bertz CT molecular complexity index is 1340. The quantitative estimate of drug-likeness (QED) is 0.353. The minimum atomic E-state index is -0.453. The fourth-order valence-corrected chi connectivity index (χ4v) is 4.18. The molecule has 0 aliphatic carbocycles. The highest BCUT2D eigenvalue weighted by atomic mass is 16.5. The van der Waals surface area contributed by atoms with Crippen molar-refractivity contribution < 1.29 is 24.5 Å². The molecule has 6 nitrogen and oxygen atoms in total. The van der Waals surface area contributed by atoms with Crippen LogP contribution in [0.4, 0.5) is 0 Å². The largest absolute Gasteiger partial charge is 0.507 e. The summed E-state index contributed by atoms with van der Waals surface area (Å²) in [5.41, 5.74) is 2.85. The van der Waals surface area contributed by atoms with E-state index >= 15 is 0 Å². The van der Waals surface area contributed by atoms with E-state index in [2.05, 4.69) is 13.2 Å². The summed E-state index contributed by atoms with van der Waals surface area (Å²) in [5.74, 6) is 0.282. The molecule has 1 aromatic heterocycles. The van der Waals surface area contributed by atoms with Gasteiger partial charge in [0.25, 0.3) is 0 Å². The smallest absolute Gasteiger partial charge is 0.197 e. The molecule has 34 heavy (non-hydrogen) atoms. The molecule has 0 amide bonds. The van der Waals surface area contributed by atoms with Crippen LogP contribution < -0.4 is 10.2 Å². The van der Waals surface area contributed by atoms with E-state index in [0.29, 0.717) is 28.9 Å². The van der Waals surface area contributed by atoms with Gasteiger partial charge in [-0.05, 0) is 38.3 Å². The maximum absolute atomic E-state index is 13.3. The van der Waals surface area contributed by atoms with Crippen LogP contribution in [-0.2, 0) is 19.3 Å². The van der Waals surface area contributed by atoms with Crippen molar-refractivity contribution in [3.05, 3.63) is 69.4 Å². The third-order valence-corrected chi connectivity index (χ3v) is 5.62. The number of ether oxygens (including phenoxy) is 1. The van der Waals surface area contributed by atoms with Crippen molar-refractivity contribution in [1.82, 2.24) is 0 Å². The predicted molar refractivity (Wildman–Crippen MR) is 135 cm³/mol. The number of methoxy groups -OCH3 is 1. The Balaban J connectivity index is 2.42. The number of phenolic OH excluding ortho intramolecular Hbond substituents is 3. The first-order chi connectivity index (χ1) is 16.0. The number of aromatic hydroxyl groups is 3. The lowest BCUT2D eigenvalue weighted by molar-refractivity contribution is 0.369. The summed E-state index contributed by atoms with van der Waals surface area (Å²) in [6.07, 6.45) is 0.987. The molecule has 1 heterocycles. The fourth-order valence-electron chi connectivity index (χ4n) is 4.18. The molecule has 3 aromatic rings. The molecule has 180 valence electrons. The van der Waals surface area contributed by atoms with Crippen molar-refractivity contribution in [1.29, 1.82) is 0 Å². The second kappa shape index (κ2) is 9.67. The van der Waals surface area contributed by atoms with Crippen LogP contribution in [0.3, 0.4) is 0 Å². The van der Waals surface area contributed by atoms with Gasteiger partial charge in [0, 0.05) is 41.2 Å². The second-order valence-electron chi connectivity index (χ2n) is 9.34. The van der Waals surface area contributed by atoms with Gasteiger partial charge in [0.1, 0.15) is 28.2 Å². The van der Waals surface area contributed by atoms with Crippen molar-refractivity contribution in [2.24, 2.45) is 5.92 Å². The number of allylic oxidation sites excluding steroid dienone is 2. The van der Waals surface area contributed by atoms with E-state index in [1.54, 1.807) is 26.0 Å². The molecule has 0 fully saturated rings. The molecule has 0 spiro atoms. The number of benzene rings is 2. The first-order valence-corrected chi connectivity index (χ1v) is 11.2. The lowest BCUT2D eigenvalue weighted by Crippen LogP contribution is -2.07.